The topological polar surface area (TPSA) is 29.0 Å². The van der Waals surface area contributed by atoms with Crippen molar-refractivity contribution in [2.45, 2.75) is 6.92 Å². The van der Waals surface area contributed by atoms with Crippen LogP contribution in [0.4, 0.5) is 5.95 Å². The molecule has 3 nitrogen and oxygen atoms in total. The molecule has 0 unspecified atom stereocenters. The zero-order chi connectivity index (χ0) is 8.81. The Morgan fingerprint density at radius 1 is 1.42 bits per heavy atom. The standard InChI is InChI=1S/C9H11N3/c1-3-4-8-12(2)9-10-6-5-7-11-9/h5-7H,8H2,1-2H3. The first kappa shape index (κ1) is 8.54. The van der Waals surface area contributed by atoms with Crippen LogP contribution in [0.3, 0.4) is 0 Å². The Morgan fingerprint density at radius 3 is 2.67 bits per heavy atom. The minimum atomic E-state index is 0.667. The van der Waals surface area contributed by atoms with Crippen molar-refractivity contribution in [1.82, 2.24) is 9.97 Å². The van der Waals surface area contributed by atoms with Gasteiger partial charge in [-0.2, -0.15) is 0 Å². The highest BCUT2D eigenvalue weighted by Crippen LogP contribution is 1.99. The highest BCUT2D eigenvalue weighted by Gasteiger charge is 1.98. The largest absolute Gasteiger partial charge is 0.333 e. The molecule has 1 heterocycles. The summed E-state index contributed by atoms with van der Waals surface area (Å²) in [5, 5.41) is 0. The molecule has 0 aliphatic carbocycles. The molecule has 62 valence electrons. The molecule has 0 amide bonds. The van der Waals surface area contributed by atoms with E-state index >= 15 is 0 Å². The van der Waals surface area contributed by atoms with E-state index in [1.54, 1.807) is 18.5 Å². The van der Waals surface area contributed by atoms with E-state index < -0.39 is 0 Å². The van der Waals surface area contributed by atoms with Gasteiger partial charge in [-0.25, -0.2) is 9.97 Å². The van der Waals surface area contributed by atoms with Crippen LogP contribution in [0.15, 0.2) is 18.5 Å². The van der Waals surface area contributed by atoms with Gasteiger partial charge < -0.3 is 4.90 Å². The summed E-state index contributed by atoms with van der Waals surface area (Å²) in [5.41, 5.74) is 0. The van der Waals surface area contributed by atoms with Gasteiger partial charge in [-0.1, -0.05) is 5.92 Å². The van der Waals surface area contributed by atoms with Crippen LogP contribution in [-0.2, 0) is 0 Å². The van der Waals surface area contributed by atoms with Crippen molar-refractivity contribution in [2.24, 2.45) is 0 Å². The Hall–Kier alpha value is -1.56. The summed E-state index contributed by atoms with van der Waals surface area (Å²) in [6, 6.07) is 1.79. The molecule has 1 aromatic heterocycles. The van der Waals surface area contributed by atoms with Crippen LogP contribution >= 0.6 is 0 Å². The smallest absolute Gasteiger partial charge is 0.225 e. The highest BCUT2D eigenvalue weighted by atomic mass is 15.2. The van der Waals surface area contributed by atoms with Crippen LogP contribution in [-0.4, -0.2) is 23.6 Å². The average Bonchev–Trinajstić information content (AvgIpc) is 2.15. The summed E-state index contributed by atoms with van der Waals surface area (Å²) in [5.74, 6) is 6.47. The highest BCUT2D eigenvalue weighted by molar-refractivity contribution is 5.29. The van der Waals surface area contributed by atoms with Gasteiger partial charge in [0.1, 0.15) is 0 Å². The fraction of sp³-hybridized carbons (Fsp3) is 0.333. The summed E-state index contributed by atoms with van der Waals surface area (Å²) in [4.78, 5) is 10.1. The third-order valence-corrected chi connectivity index (χ3v) is 1.39. The maximum Gasteiger partial charge on any atom is 0.225 e. The van der Waals surface area contributed by atoms with Crippen molar-refractivity contribution in [1.29, 1.82) is 0 Å². The van der Waals surface area contributed by atoms with Crippen LogP contribution in [0.2, 0.25) is 0 Å². The fourth-order valence-electron chi connectivity index (χ4n) is 0.757. The lowest BCUT2D eigenvalue weighted by molar-refractivity contribution is 0.953. The molecule has 12 heavy (non-hydrogen) atoms. The number of rotatable bonds is 2. The van der Waals surface area contributed by atoms with E-state index in [-0.39, 0.29) is 0 Å². The summed E-state index contributed by atoms with van der Waals surface area (Å²) < 4.78 is 0. The van der Waals surface area contributed by atoms with Gasteiger partial charge in [-0.15, -0.1) is 5.92 Å². The van der Waals surface area contributed by atoms with E-state index in [0.29, 0.717) is 12.5 Å². The van der Waals surface area contributed by atoms with Crippen molar-refractivity contribution in [2.75, 3.05) is 18.5 Å². The lowest BCUT2D eigenvalue weighted by atomic mass is 10.5. The SMILES string of the molecule is CC#CCN(C)c1ncccn1. The third kappa shape index (κ3) is 2.24. The van der Waals surface area contributed by atoms with Gasteiger partial charge >= 0.3 is 0 Å². The van der Waals surface area contributed by atoms with Gasteiger partial charge in [0.25, 0.3) is 0 Å². The van der Waals surface area contributed by atoms with E-state index in [2.05, 4.69) is 21.8 Å². The first-order valence-electron chi connectivity index (χ1n) is 3.72. The predicted molar refractivity (Wildman–Crippen MR) is 48.8 cm³/mol. The number of hydrogen-bond acceptors (Lipinski definition) is 3. The number of anilines is 1. The van der Waals surface area contributed by atoms with E-state index in [4.69, 9.17) is 0 Å². The zero-order valence-corrected chi connectivity index (χ0v) is 7.28. The molecule has 0 N–H and O–H groups in total. The van der Waals surface area contributed by atoms with Crippen molar-refractivity contribution >= 4 is 5.95 Å². The fourth-order valence-corrected chi connectivity index (χ4v) is 0.757. The Balaban J connectivity index is 2.63. The Bertz CT molecular complexity index is 284. The summed E-state index contributed by atoms with van der Waals surface area (Å²) in [7, 11) is 1.92. The van der Waals surface area contributed by atoms with Crippen molar-refractivity contribution in [3.05, 3.63) is 18.5 Å². The Kier molecular flexibility index (Phi) is 3.09. The second-order valence-corrected chi connectivity index (χ2v) is 2.33. The van der Waals surface area contributed by atoms with E-state index in [0.717, 1.165) is 0 Å². The van der Waals surface area contributed by atoms with Gasteiger partial charge in [0, 0.05) is 19.4 Å². The second kappa shape index (κ2) is 4.35. The summed E-state index contributed by atoms with van der Waals surface area (Å²) >= 11 is 0. The maximum absolute atomic E-state index is 4.08. The first-order valence-corrected chi connectivity index (χ1v) is 3.72. The molecular formula is C9H11N3. The molecule has 3 heteroatoms. The molecule has 0 saturated carbocycles. The Morgan fingerprint density at radius 2 is 2.08 bits per heavy atom. The van der Waals surface area contributed by atoms with Gasteiger partial charge in [0.15, 0.2) is 0 Å². The lowest BCUT2D eigenvalue weighted by Gasteiger charge is -2.11. The van der Waals surface area contributed by atoms with E-state index in [9.17, 15) is 0 Å². The monoisotopic (exact) mass is 161 g/mol. The van der Waals surface area contributed by atoms with Crippen LogP contribution in [0.25, 0.3) is 0 Å². The minimum Gasteiger partial charge on any atom is -0.333 e. The summed E-state index contributed by atoms with van der Waals surface area (Å²) in [6.45, 7) is 2.49. The van der Waals surface area contributed by atoms with Gasteiger partial charge in [0.2, 0.25) is 5.95 Å². The number of aromatic nitrogens is 2. The third-order valence-electron chi connectivity index (χ3n) is 1.39. The normalized spacial score (nSPS) is 8.50. The van der Waals surface area contributed by atoms with Gasteiger partial charge in [-0.3, -0.25) is 0 Å². The molecule has 0 fully saturated rings. The molecule has 0 spiro atoms. The zero-order valence-electron chi connectivity index (χ0n) is 7.28. The molecule has 1 aromatic rings. The van der Waals surface area contributed by atoms with Crippen LogP contribution in [0, 0.1) is 11.8 Å². The van der Waals surface area contributed by atoms with E-state index in [1.165, 1.54) is 0 Å². The molecule has 0 aliphatic heterocycles. The van der Waals surface area contributed by atoms with Crippen molar-refractivity contribution in [3.63, 3.8) is 0 Å². The molecule has 0 aromatic carbocycles. The van der Waals surface area contributed by atoms with Crippen molar-refractivity contribution in [3.8, 4) is 11.8 Å². The molecule has 0 atom stereocenters. The minimum absolute atomic E-state index is 0.667. The van der Waals surface area contributed by atoms with E-state index in [1.807, 2.05) is 18.9 Å². The molecular weight excluding hydrogens is 150 g/mol. The number of nitrogens with zero attached hydrogens (tertiary/aromatic N) is 3. The number of hydrogen-bond donors (Lipinski definition) is 0. The van der Waals surface area contributed by atoms with Crippen LogP contribution in [0.5, 0.6) is 0 Å². The predicted octanol–water partition coefficient (Wildman–Crippen LogP) is 0.936. The molecule has 1 rings (SSSR count). The quantitative estimate of drug-likeness (QED) is 0.604. The van der Waals surface area contributed by atoms with Crippen molar-refractivity contribution < 1.29 is 0 Å². The lowest BCUT2D eigenvalue weighted by Crippen LogP contribution is -2.19. The molecule has 0 aliphatic rings. The van der Waals surface area contributed by atoms with Crippen LogP contribution < -0.4 is 4.90 Å². The maximum atomic E-state index is 4.08. The second-order valence-electron chi connectivity index (χ2n) is 2.33. The van der Waals surface area contributed by atoms with Gasteiger partial charge in [0.05, 0.1) is 6.54 Å². The summed E-state index contributed by atoms with van der Waals surface area (Å²) in [6.07, 6.45) is 3.44. The molecule has 0 saturated heterocycles. The molecule has 0 radical (unpaired) electrons. The van der Waals surface area contributed by atoms with Crippen LogP contribution in [0.1, 0.15) is 6.92 Å². The average molecular weight is 161 g/mol. The van der Waals surface area contributed by atoms with Gasteiger partial charge in [-0.05, 0) is 13.0 Å². The first-order chi connectivity index (χ1) is 5.84. The Labute approximate surface area is 72.5 Å². The molecule has 0 bridgehead atoms.